The third kappa shape index (κ3) is 3.21. The van der Waals surface area contributed by atoms with Gasteiger partial charge in [0.25, 0.3) is 0 Å². The van der Waals surface area contributed by atoms with Crippen LogP contribution in [0.3, 0.4) is 0 Å². The Bertz CT molecular complexity index is 366. The Morgan fingerprint density at radius 2 is 2.33 bits per heavy atom. The number of carbonyl (C=O) groups is 1. The van der Waals surface area contributed by atoms with Crippen molar-refractivity contribution in [2.75, 3.05) is 0 Å². The van der Waals surface area contributed by atoms with Gasteiger partial charge in [-0.1, -0.05) is 0 Å². The highest BCUT2D eigenvalue weighted by molar-refractivity contribution is 5.79. The first-order valence-corrected chi connectivity index (χ1v) is 4.69. The molecule has 82 valence electrons. The van der Waals surface area contributed by atoms with Crippen LogP contribution in [0.1, 0.15) is 18.3 Å². The Hall–Kier alpha value is -1.62. The van der Waals surface area contributed by atoms with Crippen LogP contribution in [0, 0.1) is 6.92 Å². The minimum atomic E-state index is -0.438. The van der Waals surface area contributed by atoms with Crippen molar-refractivity contribution in [2.24, 2.45) is 5.73 Å². The zero-order chi connectivity index (χ0) is 11.4. The van der Waals surface area contributed by atoms with Gasteiger partial charge in [0.05, 0.1) is 11.7 Å². The predicted molar refractivity (Wildman–Crippen MR) is 56.1 cm³/mol. The molecule has 4 N–H and O–H groups in total. The molecule has 1 heterocycles. The second-order valence-electron chi connectivity index (χ2n) is 3.42. The third-order valence-corrected chi connectivity index (χ3v) is 2.09. The molecule has 0 aliphatic heterocycles. The van der Waals surface area contributed by atoms with Crippen LogP contribution in [0.5, 0.6) is 5.75 Å². The number of pyridine rings is 1. The standard InChI is InChI=1S/C10H15N3O2/c1-6-3-4-9(14)8(13-6)5-12-7(2)10(11)15/h3-4,7,12,14H,5H2,1-2H3,(H2,11,15). The number of hydrogen-bond donors (Lipinski definition) is 3. The summed E-state index contributed by atoms with van der Waals surface area (Å²) < 4.78 is 0. The van der Waals surface area contributed by atoms with E-state index in [1.54, 1.807) is 19.1 Å². The quantitative estimate of drug-likeness (QED) is 0.654. The van der Waals surface area contributed by atoms with Gasteiger partial charge in [-0.05, 0) is 26.0 Å². The predicted octanol–water partition coefficient (Wildman–Crippen LogP) is 0.0590. The van der Waals surface area contributed by atoms with Gasteiger partial charge in [-0.3, -0.25) is 9.78 Å². The van der Waals surface area contributed by atoms with Crippen molar-refractivity contribution >= 4 is 5.91 Å². The Morgan fingerprint density at radius 3 is 2.93 bits per heavy atom. The molecule has 0 aliphatic carbocycles. The summed E-state index contributed by atoms with van der Waals surface area (Å²) in [7, 11) is 0. The Labute approximate surface area is 88.3 Å². The van der Waals surface area contributed by atoms with E-state index < -0.39 is 11.9 Å². The van der Waals surface area contributed by atoms with Gasteiger partial charge >= 0.3 is 0 Å². The molecule has 0 saturated carbocycles. The Balaban J connectivity index is 2.65. The SMILES string of the molecule is Cc1ccc(O)c(CNC(C)C(N)=O)n1. The number of amides is 1. The Kier molecular flexibility index (Phi) is 3.62. The highest BCUT2D eigenvalue weighted by Crippen LogP contribution is 2.14. The topological polar surface area (TPSA) is 88.2 Å². The first-order chi connectivity index (χ1) is 7.00. The van der Waals surface area contributed by atoms with Crippen molar-refractivity contribution in [3.63, 3.8) is 0 Å². The molecular weight excluding hydrogens is 194 g/mol. The van der Waals surface area contributed by atoms with Crippen molar-refractivity contribution in [1.29, 1.82) is 0 Å². The zero-order valence-corrected chi connectivity index (χ0v) is 8.82. The van der Waals surface area contributed by atoms with Crippen LogP contribution in [0.2, 0.25) is 0 Å². The lowest BCUT2D eigenvalue weighted by atomic mass is 10.2. The van der Waals surface area contributed by atoms with Gasteiger partial charge in [-0.25, -0.2) is 0 Å². The van der Waals surface area contributed by atoms with Crippen LogP contribution in [0.15, 0.2) is 12.1 Å². The fourth-order valence-corrected chi connectivity index (χ4v) is 1.08. The molecule has 1 aromatic heterocycles. The highest BCUT2D eigenvalue weighted by atomic mass is 16.3. The molecule has 0 aromatic carbocycles. The fraction of sp³-hybridized carbons (Fsp3) is 0.400. The van der Waals surface area contributed by atoms with Gasteiger partial charge < -0.3 is 16.2 Å². The molecule has 0 bridgehead atoms. The lowest BCUT2D eigenvalue weighted by Gasteiger charge is -2.10. The maximum absolute atomic E-state index is 10.7. The third-order valence-electron chi connectivity index (χ3n) is 2.09. The first-order valence-electron chi connectivity index (χ1n) is 4.69. The van der Waals surface area contributed by atoms with Crippen molar-refractivity contribution in [2.45, 2.75) is 26.4 Å². The fourth-order valence-electron chi connectivity index (χ4n) is 1.08. The molecular formula is C10H15N3O2. The van der Waals surface area contributed by atoms with Gasteiger partial charge in [-0.2, -0.15) is 0 Å². The van der Waals surface area contributed by atoms with E-state index in [2.05, 4.69) is 10.3 Å². The van der Waals surface area contributed by atoms with E-state index in [0.717, 1.165) is 5.69 Å². The average Bonchev–Trinajstić information content (AvgIpc) is 2.18. The summed E-state index contributed by atoms with van der Waals surface area (Å²) in [6, 6.07) is 2.86. The van der Waals surface area contributed by atoms with Crippen LogP contribution >= 0.6 is 0 Å². The zero-order valence-electron chi connectivity index (χ0n) is 8.82. The summed E-state index contributed by atoms with van der Waals surface area (Å²) in [5, 5.41) is 12.3. The van der Waals surface area contributed by atoms with Gasteiger partial charge in [-0.15, -0.1) is 0 Å². The molecule has 0 aliphatic rings. The molecule has 1 aromatic rings. The molecule has 1 rings (SSSR count). The number of carbonyl (C=O) groups excluding carboxylic acids is 1. The molecule has 1 atom stereocenters. The molecule has 5 nitrogen and oxygen atoms in total. The molecule has 1 unspecified atom stereocenters. The number of aryl methyl sites for hydroxylation is 1. The van der Waals surface area contributed by atoms with Crippen LogP contribution in [0.25, 0.3) is 0 Å². The van der Waals surface area contributed by atoms with Crippen molar-refractivity contribution in [3.05, 3.63) is 23.5 Å². The van der Waals surface area contributed by atoms with Gasteiger partial charge in [0.1, 0.15) is 5.75 Å². The molecule has 1 amide bonds. The van der Waals surface area contributed by atoms with Crippen LogP contribution < -0.4 is 11.1 Å². The summed E-state index contributed by atoms with van der Waals surface area (Å²) >= 11 is 0. The molecule has 0 fully saturated rings. The summed E-state index contributed by atoms with van der Waals surface area (Å²) in [6.07, 6.45) is 0. The monoisotopic (exact) mass is 209 g/mol. The van der Waals surface area contributed by atoms with Crippen molar-refractivity contribution in [3.8, 4) is 5.75 Å². The second kappa shape index (κ2) is 4.75. The van der Waals surface area contributed by atoms with Crippen molar-refractivity contribution in [1.82, 2.24) is 10.3 Å². The van der Waals surface area contributed by atoms with Crippen LogP contribution in [-0.2, 0) is 11.3 Å². The minimum absolute atomic E-state index is 0.116. The van der Waals surface area contributed by atoms with E-state index in [4.69, 9.17) is 5.73 Å². The number of rotatable bonds is 4. The molecule has 0 spiro atoms. The smallest absolute Gasteiger partial charge is 0.234 e. The van der Waals surface area contributed by atoms with Crippen molar-refractivity contribution < 1.29 is 9.90 Å². The van der Waals surface area contributed by atoms with Gasteiger partial charge in [0.2, 0.25) is 5.91 Å². The maximum atomic E-state index is 10.7. The lowest BCUT2D eigenvalue weighted by Crippen LogP contribution is -2.38. The molecule has 0 radical (unpaired) electrons. The molecule has 15 heavy (non-hydrogen) atoms. The van der Waals surface area contributed by atoms with Crippen LogP contribution in [-0.4, -0.2) is 22.0 Å². The van der Waals surface area contributed by atoms with E-state index in [-0.39, 0.29) is 5.75 Å². The number of nitrogens with two attached hydrogens (primary N) is 1. The normalized spacial score (nSPS) is 12.4. The maximum Gasteiger partial charge on any atom is 0.234 e. The van der Waals surface area contributed by atoms with E-state index in [1.165, 1.54) is 0 Å². The van der Waals surface area contributed by atoms with E-state index in [9.17, 15) is 9.90 Å². The molecule has 0 saturated heterocycles. The highest BCUT2D eigenvalue weighted by Gasteiger charge is 2.09. The number of hydrogen-bond acceptors (Lipinski definition) is 4. The number of nitrogens with one attached hydrogen (secondary N) is 1. The van der Waals surface area contributed by atoms with E-state index in [1.807, 2.05) is 6.92 Å². The van der Waals surface area contributed by atoms with Gasteiger partial charge in [0, 0.05) is 12.2 Å². The average molecular weight is 209 g/mol. The lowest BCUT2D eigenvalue weighted by molar-refractivity contribution is -0.119. The molecule has 5 heteroatoms. The summed E-state index contributed by atoms with van der Waals surface area (Å²) in [5.41, 5.74) is 6.42. The number of aromatic hydroxyl groups is 1. The summed E-state index contributed by atoms with van der Waals surface area (Å²) in [5.74, 6) is -0.313. The van der Waals surface area contributed by atoms with Gasteiger partial charge in [0.15, 0.2) is 0 Å². The number of primary amides is 1. The number of nitrogens with zero attached hydrogens (tertiary/aromatic N) is 1. The summed E-state index contributed by atoms with van der Waals surface area (Å²) in [4.78, 5) is 14.9. The Morgan fingerprint density at radius 1 is 1.67 bits per heavy atom. The minimum Gasteiger partial charge on any atom is -0.506 e. The first kappa shape index (κ1) is 11.5. The summed E-state index contributed by atoms with van der Waals surface area (Å²) in [6.45, 7) is 3.81. The largest absolute Gasteiger partial charge is 0.506 e. The number of aromatic nitrogens is 1. The van der Waals surface area contributed by atoms with Crippen LogP contribution in [0.4, 0.5) is 0 Å². The second-order valence-corrected chi connectivity index (χ2v) is 3.42. The van der Waals surface area contributed by atoms with E-state index >= 15 is 0 Å². The van der Waals surface area contributed by atoms with E-state index in [0.29, 0.717) is 12.2 Å².